The molecule has 0 saturated carbocycles. The van der Waals surface area contributed by atoms with E-state index in [0.29, 0.717) is 19.4 Å². The fourth-order valence-electron chi connectivity index (χ4n) is 2.56. The SMILES string of the molecule is CN(C)C(CNC(=O)C1(O)CCSCC1)c1ccccc1. The molecule has 0 spiro atoms. The first-order valence-corrected chi connectivity index (χ1v) is 8.48. The van der Waals surface area contributed by atoms with E-state index in [2.05, 4.69) is 22.3 Å². The molecule has 1 aromatic carbocycles. The normalized spacial score (nSPS) is 19.2. The molecule has 1 aliphatic heterocycles. The summed E-state index contributed by atoms with van der Waals surface area (Å²) in [7, 11) is 3.99. The van der Waals surface area contributed by atoms with Gasteiger partial charge >= 0.3 is 0 Å². The first-order valence-electron chi connectivity index (χ1n) is 7.33. The van der Waals surface area contributed by atoms with Crippen LogP contribution in [0.2, 0.25) is 0 Å². The number of nitrogens with zero attached hydrogens (tertiary/aromatic N) is 1. The van der Waals surface area contributed by atoms with E-state index in [4.69, 9.17) is 0 Å². The van der Waals surface area contributed by atoms with Crippen LogP contribution >= 0.6 is 11.8 Å². The van der Waals surface area contributed by atoms with E-state index in [1.54, 1.807) is 11.8 Å². The van der Waals surface area contributed by atoms with Crippen LogP contribution in [-0.2, 0) is 4.79 Å². The van der Waals surface area contributed by atoms with Gasteiger partial charge in [-0.05, 0) is 44.0 Å². The van der Waals surface area contributed by atoms with E-state index in [0.717, 1.165) is 17.1 Å². The summed E-state index contributed by atoms with van der Waals surface area (Å²) in [6.45, 7) is 0.505. The van der Waals surface area contributed by atoms with Gasteiger partial charge in [-0.1, -0.05) is 30.3 Å². The number of hydrogen-bond acceptors (Lipinski definition) is 4. The Morgan fingerprint density at radius 3 is 2.52 bits per heavy atom. The van der Waals surface area contributed by atoms with Crippen LogP contribution in [0.3, 0.4) is 0 Å². The van der Waals surface area contributed by atoms with Gasteiger partial charge in [0.1, 0.15) is 5.60 Å². The number of benzene rings is 1. The minimum absolute atomic E-state index is 0.108. The van der Waals surface area contributed by atoms with E-state index >= 15 is 0 Å². The third-order valence-corrected chi connectivity index (χ3v) is 4.99. The Morgan fingerprint density at radius 2 is 1.95 bits per heavy atom. The molecule has 0 radical (unpaired) electrons. The molecule has 116 valence electrons. The van der Waals surface area contributed by atoms with Crippen LogP contribution < -0.4 is 5.32 Å². The van der Waals surface area contributed by atoms with Gasteiger partial charge in [0.2, 0.25) is 0 Å². The molecule has 2 rings (SSSR count). The van der Waals surface area contributed by atoms with Crippen molar-refractivity contribution in [3.8, 4) is 0 Å². The second-order valence-corrected chi connectivity index (χ2v) is 6.97. The average molecular weight is 308 g/mol. The highest BCUT2D eigenvalue weighted by Gasteiger charge is 2.37. The summed E-state index contributed by atoms with van der Waals surface area (Å²) >= 11 is 1.79. The van der Waals surface area contributed by atoms with Crippen LogP contribution in [0, 0.1) is 0 Å². The highest BCUT2D eigenvalue weighted by Crippen LogP contribution is 2.27. The van der Waals surface area contributed by atoms with E-state index in [1.165, 1.54) is 0 Å². The van der Waals surface area contributed by atoms with Gasteiger partial charge in [0.05, 0.1) is 6.04 Å². The van der Waals surface area contributed by atoms with Crippen LogP contribution in [0.15, 0.2) is 30.3 Å². The van der Waals surface area contributed by atoms with Crippen LogP contribution in [-0.4, -0.2) is 53.7 Å². The van der Waals surface area contributed by atoms with Crippen molar-refractivity contribution in [3.05, 3.63) is 35.9 Å². The van der Waals surface area contributed by atoms with Gasteiger partial charge < -0.3 is 15.3 Å². The Labute approximate surface area is 130 Å². The molecular weight excluding hydrogens is 284 g/mol. The summed E-state index contributed by atoms with van der Waals surface area (Å²) in [6, 6.07) is 10.2. The van der Waals surface area contributed by atoms with Crippen LogP contribution in [0.5, 0.6) is 0 Å². The Morgan fingerprint density at radius 1 is 1.33 bits per heavy atom. The third kappa shape index (κ3) is 4.22. The number of aliphatic hydroxyl groups is 1. The lowest BCUT2D eigenvalue weighted by Crippen LogP contribution is -2.50. The second-order valence-electron chi connectivity index (χ2n) is 5.74. The molecule has 1 saturated heterocycles. The smallest absolute Gasteiger partial charge is 0.252 e. The number of hydrogen-bond donors (Lipinski definition) is 2. The van der Waals surface area contributed by atoms with E-state index < -0.39 is 5.60 Å². The first-order chi connectivity index (χ1) is 10.0. The quantitative estimate of drug-likeness (QED) is 0.869. The van der Waals surface area contributed by atoms with Gasteiger partial charge in [0.25, 0.3) is 5.91 Å². The molecule has 1 aliphatic rings. The van der Waals surface area contributed by atoms with Crippen molar-refractivity contribution < 1.29 is 9.90 Å². The van der Waals surface area contributed by atoms with Crippen molar-refractivity contribution in [2.45, 2.75) is 24.5 Å². The molecule has 1 atom stereocenters. The number of carbonyl (C=O) groups is 1. The summed E-state index contributed by atoms with van der Waals surface area (Å²) in [4.78, 5) is 14.4. The highest BCUT2D eigenvalue weighted by atomic mass is 32.2. The molecule has 0 bridgehead atoms. The maximum atomic E-state index is 12.3. The van der Waals surface area contributed by atoms with Gasteiger partial charge in [-0.2, -0.15) is 11.8 Å². The molecule has 4 nitrogen and oxygen atoms in total. The van der Waals surface area contributed by atoms with Crippen molar-refractivity contribution in [3.63, 3.8) is 0 Å². The monoisotopic (exact) mass is 308 g/mol. The minimum Gasteiger partial charge on any atom is -0.380 e. The predicted octanol–water partition coefficient (Wildman–Crippen LogP) is 1.66. The molecule has 0 aromatic heterocycles. The van der Waals surface area contributed by atoms with E-state index in [-0.39, 0.29) is 11.9 Å². The van der Waals surface area contributed by atoms with Crippen LogP contribution in [0.1, 0.15) is 24.4 Å². The van der Waals surface area contributed by atoms with E-state index in [9.17, 15) is 9.90 Å². The first kappa shape index (κ1) is 16.3. The Bertz CT molecular complexity index is 459. The zero-order valence-corrected chi connectivity index (χ0v) is 13.5. The van der Waals surface area contributed by atoms with Crippen LogP contribution in [0.25, 0.3) is 0 Å². The second kappa shape index (κ2) is 7.29. The number of carbonyl (C=O) groups excluding carboxylic acids is 1. The summed E-state index contributed by atoms with van der Waals surface area (Å²) in [5.41, 5.74) is -0.0206. The maximum Gasteiger partial charge on any atom is 0.252 e. The maximum absolute atomic E-state index is 12.3. The van der Waals surface area contributed by atoms with Crippen molar-refractivity contribution in [2.75, 3.05) is 32.1 Å². The average Bonchev–Trinajstić information content (AvgIpc) is 2.48. The molecular formula is C16H24N2O2S. The molecule has 2 N–H and O–H groups in total. The van der Waals surface area contributed by atoms with Crippen molar-refractivity contribution in [1.82, 2.24) is 10.2 Å². The lowest BCUT2D eigenvalue weighted by Gasteiger charge is -2.32. The molecule has 1 unspecified atom stereocenters. The Kier molecular flexibility index (Phi) is 5.67. The fourth-order valence-corrected chi connectivity index (χ4v) is 3.73. The Hall–Kier alpha value is -1.04. The van der Waals surface area contributed by atoms with Crippen molar-refractivity contribution in [2.24, 2.45) is 0 Å². The lowest BCUT2D eigenvalue weighted by molar-refractivity contribution is -0.140. The molecule has 0 aliphatic carbocycles. The van der Waals surface area contributed by atoms with Gasteiger partial charge in [-0.15, -0.1) is 0 Å². The lowest BCUT2D eigenvalue weighted by atomic mass is 9.95. The fraction of sp³-hybridized carbons (Fsp3) is 0.562. The van der Waals surface area contributed by atoms with E-state index in [1.807, 2.05) is 32.3 Å². The zero-order valence-electron chi connectivity index (χ0n) is 12.7. The summed E-state index contributed by atoms with van der Waals surface area (Å²) in [5.74, 6) is 1.46. The predicted molar refractivity (Wildman–Crippen MR) is 87.4 cm³/mol. The topological polar surface area (TPSA) is 52.6 Å². The number of nitrogens with one attached hydrogen (secondary N) is 1. The number of amides is 1. The van der Waals surface area contributed by atoms with Gasteiger partial charge in [-0.3, -0.25) is 4.79 Å². The Balaban J connectivity index is 1.97. The van der Waals surface area contributed by atoms with Crippen LogP contribution in [0.4, 0.5) is 0 Å². The molecule has 21 heavy (non-hydrogen) atoms. The summed E-state index contributed by atoms with van der Waals surface area (Å²) < 4.78 is 0. The number of rotatable bonds is 5. The number of likely N-dealkylation sites (N-methyl/N-ethyl adjacent to an activating group) is 1. The zero-order chi connectivity index (χ0) is 15.3. The number of thioether (sulfide) groups is 1. The third-order valence-electron chi connectivity index (χ3n) is 4.01. The molecule has 1 fully saturated rings. The standard InChI is InChI=1S/C16H24N2O2S/c1-18(2)14(13-6-4-3-5-7-13)12-17-15(19)16(20)8-10-21-11-9-16/h3-7,14,20H,8-12H2,1-2H3,(H,17,19). The molecule has 1 amide bonds. The highest BCUT2D eigenvalue weighted by molar-refractivity contribution is 7.99. The summed E-state index contributed by atoms with van der Waals surface area (Å²) in [5, 5.41) is 13.4. The van der Waals surface area contributed by atoms with Crippen molar-refractivity contribution >= 4 is 17.7 Å². The van der Waals surface area contributed by atoms with Gasteiger partial charge in [0.15, 0.2) is 0 Å². The van der Waals surface area contributed by atoms with Crippen molar-refractivity contribution in [1.29, 1.82) is 0 Å². The van der Waals surface area contributed by atoms with Gasteiger partial charge in [0, 0.05) is 6.54 Å². The summed E-state index contributed by atoms with van der Waals surface area (Å²) in [6.07, 6.45) is 1.09. The minimum atomic E-state index is -1.18. The molecule has 1 heterocycles. The molecule has 5 heteroatoms. The van der Waals surface area contributed by atoms with Gasteiger partial charge in [-0.25, -0.2) is 0 Å². The molecule has 1 aromatic rings. The largest absolute Gasteiger partial charge is 0.380 e.